The number of likely N-dealkylation sites (tertiary alicyclic amines) is 1. The molecule has 1 saturated heterocycles. The van der Waals surface area contributed by atoms with E-state index < -0.39 is 5.54 Å². The zero-order valence-corrected chi connectivity index (χ0v) is 15.1. The normalized spacial score (nSPS) is 23.7. The van der Waals surface area contributed by atoms with Crippen LogP contribution in [0.25, 0.3) is 0 Å². The van der Waals surface area contributed by atoms with Crippen molar-refractivity contribution in [2.45, 2.75) is 70.3 Å². The summed E-state index contributed by atoms with van der Waals surface area (Å²) in [4.78, 5) is 26.8. The largest absolute Gasteiger partial charge is 0.356 e. The molecule has 1 heterocycles. The van der Waals surface area contributed by atoms with E-state index in [9.17, 15) is 9.59 Å². The second-order valence-electron chi connectivity index (χ2n) is 6.95. The molecule has 2 fully saturated rings. The van der Waals surface area contributed by atoms with Crippen LogP contribution in [-0.4, -0.2) is 41.9 Å². The molecule has 1 atom stereocenters. The van der Waals surface area contributed by atoms with Crippen LogP contribution in [-0.2, 0) is 9.59 Å². The zero-order valence-electron chi connectivity index (χ0n) is 14.3. The first-order valence-corrected chi connectivity index (χ1v) is 8.93. The number of carbonyl (C=O) groups is 2. The van der Waals surface area contributed by atoms with Gasteiger partial charge in [-0.1, -0.05) is 32.6 Å². The van der Waals surface area contributed by atoms with E-state index >= 15 is 0 Å². The van der Waals surface area contributed by atoms with E-state index in [1.807, 2.05) is 4.90 Å². The molecule has 1 unspecified atom stereocenters. The van der Waals surface area contributed by atoms with Gasteiger partial charge in [0.05, 0.1) is 11.5 Å². The van der Waals surface area contributed by atoms with Crippen molar-refractivity contribution in [1.82, 2.24) is 10.2 Å². The number of rotatable bonds is 5. The molecular formula is C17H32ClN3O2. The van der Waals surface area contributed by atoms with Crippen molar-refractivity contribution in [2.75, 3.05) is 19.6 Å². The Morgan fingerprint density at radius 3 is 2.57 bits per heavy atom. The van der Waals surface area contributed by atoms with Crippen molar-refractivity contribution in [1.29, 1.82) is 0 Å². The molecule has 0 radical (unpaired) electrons. The summed E-state index contributed by atoms with van der Waals surface area (Å²) >= 11 is 0. The minimum absolute atomic E-state index is 0. The fraction of sp³-hybridized carbons (Fsp3) is 0.882. The van der Waals surface area contributed by atoms with E-state index in [0.29, 0.717) is 6.54 Å². The van der Waals surface area contributed by atoms with Crippen molar-refractivity contribution in [3.05, 3.63) is 0 Å². The first-order valence-electron chi connectivity index (χ1n) is 8.93. The first kappa shape index (κ1) is 20.2. The van der Waals surface area contributed by atoms with Gasteiger partial charge in [-0.25, -0.2) is 0 Å². The van der Waals surface area contributed by atoms with E-state index in [2.05, 4.69) is 12.2 Å². The first-order chi connectivity index (χ1) is 10.6. The number of hydrogen-bond acceptors (Lipinski definition) is 3. The Balaban J connectivity index is 0.00000264. The Bertz CT molecular complexity index is 397. The predicted molar refractivity (Wildman–Crippen MR) is 94.5 cm³/mol. The topological polar surface area (TPSA) is 75.4 Å². The van der Waals surface area contributed by atoms with Crippen LogP contribution in [0, 0.1) is 5.92 Å². The number of hydrogen-bond donors (Lipinski definition) is 2. The van der Waals surface area contributed by atoms with Crippen LogP contribution in [0.5, 0.6) is 0 Å². The fourth-order valence-electron chi connectivity index (χ4n) is 3.62. The average Bonchev–Trinajstić information content (AvgIpc) is 2.55. The third-order valence-corrected chi connectivity index (χ3v) is 5.08. The van der Waals surface area contributed by atoms with Crippen molar-refractivity contribution in [3.8, 4) is 0 Å². The van der Waals surface area contributed by atoms with Crippen molar-refractivity contribution >= 4 is 24.2 Å². The molecule has 2 rings (SSSR count). The number of halogens is 1. The molecule has 3 N–H and O–H groups in total. The van der Waals surface area contributed by atoms with E-state index in [0.717, 1.165) is 64.5 Å². The Kier molecular flexibility index (Phi) is 8.34. The third-order valence-electron chi connectivity index (χ3n) is 5.08. The standard InChI is InChI=1S/C17H31N3O2.ClH/c1-2-3-11-19-15(21)14-8-7-12-20(13-14)16(22)17(18)9-5-4-6-10-17;/h14H,2-13,18H2,1H3,(H,19,21);1H. The smallest absolute Gasteiger partial charge is 0.242 e. The van der Waals surface area contributed by atoms with Gasteiger partial charge >= 0.3 is 0 Å². The second-order valence-corrected chi connectivity index (χ2v) is 6.95. The highest BCUT2D eigenvalue weighted by molar-refractivity contribution is 5.87. The van der Waals surface area contributed by atoms with Crippen LogP contribution in [0.2, 0.25) is 0 Å². The molecule has 1 aliphatic carbocycles. The van der Waals surface area contributed by atoms with E-state index in [4.69, 9.17) is 5.73 Å². The van der Waals surface area contributed by atoms with Crippen LogP contribution < -0.4 is 11.1 Å². The number of carbonyl (C=O) groups excluding carboxylic acids is 2. The van der Waals surface area contributed by atoms with Crippen LogP contribution in [0.4, 0.5) is 0 Å². The molecule has 1 aliphatic heterocycles. The molecule has 0 bridgehead atoms. The Hall–Kier alpha value is -0.810. The highest BCUT2D eigenvalue weighted by Crippen LogP contribution is 2.29. The summed E-state index contributed by atoms with van der Waals surface area (Å²) in [7, 11) is 0. The third kappa shape index (κ3) is 5.35. The lowest BCUT2D eigenvalue weighted by Crippen LogP contribution is -2.58. The predicted octanol–water partition coefficient (Wildman–Crippen LogP) is 2.22. The summed E-state index contributed by atoms with van der Waals surface area (Å²) in [5.74, 6) is 0.0978. The molecule has 0 spiro atoms. The lowest BCUT2D eigenvalue weighted by molar-refractivity contribution is -0.141. The van der Waals surface area contributed by atoms with Gasteiger partial charge in [-0.3, -0.25) is 9.59 Å². The summed E-state index contributed by atoms with van der Waals surface area (Å²) in [5, 5.41) is 2.99. The number of piperidine rings is 1. The van der Waals surface area contributed by atoms with E-state index in [-0.39, 0.29) is 30.1 Å². The van der Waals surface area contributed by atoms with Gasteiger partial charge in [0, 0.05) is 19.6 Å². The number of nitrogens with one attached hydrogen (secondary N) is 1. The summed E-state index contributed by atoms with van der Waals surface area (Å²) in [6.07, 6.45) is 8.68. The van der Waals surface area contributed by atoms with Gasteiger partial charge < -0.3 is 16.0 Å². The zero-order chi connectivity index (χ0) is 16.0. The van der Waals surface area contributed by atoms with Crippen LogP contribution in [0.3, 0.4) is 0 Å². The summed E-state index contributed by atoms with van der Waals surface area (Å²) < 4.78 is 0. The van der Waals surface area contributed by atoms with Gasteiger partial charge in [0.25, 0.3) is 0 Å². The fourth-order valence-corrected chi connectivity index (χ4v) is 3.62. The quantitative estimate of drug-likeness (QED) is 0.750. The van der Waals surface area contributed by atoms with Crippen LogP contribution >= 0.6 is 12.4 Å². The molecule has 2 aliphatic rings. The number of amides is 2. The number of nitrogens with two attached hydrogens (primary N) is 1. The minimum atomic E-state index is -0.682. The van der Waals surface area contributed by atoms with Gasteiger partial charge in [0.2, 0.25) is 11.8 Å². The Morgan fingerprint density at radius 2 is 1.91 bits per heavy atom. The lowest BCUT2D eigenvalue weighted by Gasteiger charge is -2.40. The number of nitrogens with zero attached hydrogens (tertiary/aromatic N) is 1. The van der Waals surface area contributed by atoms with Crippen molar-refractivity contribution < 1.29 is 9.59 Å². The SMILES string of the molecule is CCCCNC(=O)C1CCCN(C(=O)C2(N)CCCCC2)C1.Cl. The minimum Gasteiger partial charge on any atom is -0.356 e. The molecule has 0 aromatic carbocycles. The maximum absolute atomic E-state index is 12.8. The summed E-state index contributed by atoms with van der Waals surface area (Å²) in [6, 6.07) is 0. The van der Waals surface area contributed by atoms with Gasteiger partial charge in [-0.2, -0.15) is 0 Å². The van der Waals surface area contributed by atoms with Crippen molar-refractivity contribution in [2.24, 2.45) is 11.7 Å². The molecule has 23 heavy (non-hydrogen) atoms. The molecule has 5 nitrogen and oxygen atoms in total. The van der Waals surface area contributed by atoms with Crippen molar-refractivity contribution in [3.63, 3.8) is 0 Å². The maximum atomic E-state index is 12.8. The molecule has 134 valence electrons. The molecule has 6 heteroatoms. The van der Waals surface area contributed by atoms with Gasteiger partial charge in [-0.05, 0) is 32.1 Å². The average molecular weight is 346 g/mol. The Labute approximate surface area is 146 Å². The Morgan fingerprint density at radius 1 is 1.22 bits per heavy atom. The van der Waals surface area contributed by atoms with Crippen LogP contribution in [0.15, 0.2) is 0 Å². The van der Waals surface area contributed by atoms with Gasteiger partial charge in [0.1, 0.15) is 0 Å². The van der Waals surface area contributed by atoms with Gasteiger partial charge in [-0.15, -0.1) is 12.4 Å². The van der Waals surface area contributed by atoms with E-state index in [1.54, 1.807) is 0 Å². The summed E-state index contributed by atoms with van der Waals surface area (Å²) in [5.41, 5.74) is 5.68. The maximum Gasteiger partial charge on any atom is 0.242 e. The van der Waals surface area contributed by atoms with Crippen LogP contribution in [0.1, 0.15) is 64.7 Å². The monoisotopic (exact) mass is 345 g/mol. The molecular weight excluding hydrogens is 314 g/mol. The molecule has 1 saturated carbocycles. The second kappa shape index (κ2) is 9.48. The van der Waals surface area contributed by atoms with Gasteiger partial charge in [0.15, 0.2) is 0 Å². The number of unbranched alkanes of at least 4 members (excludes halogenated alkanes) is 1. The molecule has 0 aromatic rings. The molecule has 2 amide bonds. The molecule has 0 aromatic heterocycles. The highest BCUT2D eigenvalue weighted by Gasteiger charge is 2.40. The highest BCUT2D eigenvalue weighted by atomic mass is 35.5. The van der Waals surface area contributed by atoms with E-state index in [1.165, 1.54) is 6.42 Å². The lowest BCUT2D eigenvalue weighted by atomic mass is 9.81. The summed E-state index contributed by atoms with van der Waals surface area (Å²) in [6.45, 7) is 4.13.